The second-order valence-electron chi connectivity index (χ2n) is 7.07. The van der Waals surface area contributed by atoms with Crippen molar-refractivity contribution in [1.82, 2.24) is 4.90 Å². The van der Waals surface area contributed by atoms with Crippen LogP contribution in [-0.4, -0.2) is 35.4 Å². The molecule has 0 aromatic heterocycles. The lowest BCUT2D eigenvalue weighted by molar-refractivity contribution is -0.116. The van der Waals surface area contributed by atoms with Crippen molar-refractivity contribution in [2.75, 3.05) is 29.9 Å². The molecule has 0 saturated carbocycles. The summed E-state index contributed by atoms with van der Waals surface area (Å²) >= 11 is 2.03. The predicted octanol–water partition coefficient (Wildman–Crippen LogP) is 4.42. The molecular weight excluding hydrogens is 340 g/mol. The lowest BCUT2D eigenvalue weighted by Crippen LogP contribution is -2.32. The Bertz CT molecular complexity index is 736. The first kappa shape index (κ1) is 19.0. The summed E-state index contributed by atoms with van der Waals surface area (Å²) in [5.41, 5.74) is 5.79. The Hall–Kier alpha value is -1.78. The molecule has 3 rings (SSSR count). The molecule has 2 aromatic carbocycles. The minimum atomic E-state index is 0.0835. The number of anilines is 1. The lowest BCUT2D eigenvalue weighted by Gasteiger charge is -2.26. The zero-order chi connectivity index (χ0) is 18.4. The normalized spacial score (nSPS) is 15.0. The molecular formula is C22H28N2OS. The van der Waals surface area contributed by atoms with Gasteiger partial charge in [-0.25, -0.2) is 0 Å². The van der Waals surface area contributed by atoms with E-state index in [4.69, 9.17) is 0 Å². The second kappa shape index (κ2) is 9.24. The molecule has 1 saturated heterocycles. The van der Waals surface area contributed by atoms with Gasteiger partial charge in [0.2, 0.25) is 5.91 Å². The molecule has 0 unspecified atom stereocenters. The number of carbonyl (C=O) groups excluding carboxylic acids is 1. The van der Waals surface area contributed by atoms with Crippen molar-refractivity contribution in [3.8, 4) is 0 Å². The molecule has 26 heavy (non-hydrogen) atoms. The standard InChI is InChI=1S/C22H28N2OS/c1-17-3-6-19(7-4-17)9-10-22(25)23-21-15-20(8-5-18(21)2)16-24-11-13-26-14-12-24/h3-8,15H,9-14,16H2,1-2H3,(H,23,25). The molecule has 2 aromatic rings. The third-order valence-corrected chi connectivity index (χ3v) is 5.79. The van der Waals surface area contributed by atoms with Gasteiger partial charge in [-0.2, -0.15) is 11.8 Å². The molecule has 1 aliphatic heterocycles. The van der Waals surface area contributed by atoms with Gasteiger partial charge in [0.05, 0.1) is 0 Å². The smallest absolute Gasteiger partial charge is 0.224 e. The molecule has 1 N–H and O–H groups in total. The molecule has 138 valence electrons. The van der Waals surface area contributed by atoms with Gasteiger partial charge in [-0.1, -0.05) is 42.0 Å². The van der Waals surface area contributed by atoms with Crippen LogP contribution in [0.15, 0.2) is 42.5 Å². The number of amides is 1. The van der Waals surface area contributed by atoms with Crippen molar-refractivity contribution in [1.29, 1.82) is 0 Å². The number of nitrogens with zero attached hydrogens (tertiary/aromatic N) is 1. The van der Waals surface area contributed by atoms with Crippen molar-refractivity contribution >= 4 is 23.4 Å². The van der Waals surface area contributed by atoms with E-state index in [1.54, 1.807) is 0 Å². The van der Waals surface area contributed by atoms with E-state index < -0.39 is 0 Å². The fourth-order valence-corrected chi connectivity index (χ4v) is 4.12. The van der Waals surface area contributed by atoms with Gasteiger partial charge in [0.15, 0.2) is 0 Å². The van der Waals surface area contributed by atoms with Crippen LogP contribution in [0.3, 0.4) is 0 Å². The second-order valence-corrected chi connectivity index (χ2v) is 8.30. The van der Waals surface area contributed by atoms with Crippen molar-refractivity contribution in [2.45, 2.75) is 33.2 Å². The minimum absolute atomic E-state index is 0.0835. The molecule has 3 nitrogen and oxygen atoms in total. The molecule has 0 radical (unpaired) electrons. The summed E-state index contributed by atoms with van der Waals surface area (Å²) in [6.45, 7) is 7.40. The molecule has 0 bridgehead atoms. The Morgan fingerprint density at radius 2 is 1.73 bits per heavy atom. The third-order valence-electron chi connectivity index (χ3n) is 4.85. The van der Waals surface area contributed by atoms with Crippen LogP contribution in [0.4, 0.5) is 5.69 Å². The molecule has 4 heteroatoms. The minimum Gasteiger partial charge on any atom is -0.326 e. The van der Waals surface area contributed by atoms with Crippen LogP contribution in [0.1, 0.15) is 28.7 Å². The van der Waals surface area contributed by atoms with Crippen LogP contribution in [0.5, 0.6) is 0 Å². The first-order valence-corrected chi connectivity index (χ1v) is 10.5. The van der Waals surface area contributed by atoms with Gasteiger partial charge >= 0.3 is 0 Å². The SMILES string of the molecule is Cc1ccc(CCC(=O)Nc2cc(CN3CCSCC3)ccc2C)cc1. The summed E-state index contributed by atoms with van der Waals surface area (Å²) in [5, 5.41) is 3.11. The average molecular weight is 369 g/mol. The number of hydrogen-bond donors (Lipinski definition) is 1. The van der Waals surface area contributed by atoms with Crippen LogP contribution in [0, 0.1) is 13.8 Å². The van der Waals surface area contributed by atoms with Gasteiger partial charge < -0.3 is 5.32 Å². The molecule has 1 aliphatic rings. The van der Waals surface area contributed by atoms with E-state index >= 15 is 0 Å². The molecule has 0 atom stereocenters. The van der Waals surface area contributed by atoms with E-state index in [0.717, 1.165) is 37.3 Å². The highest BCUT2D eigenvalue weighted by atomic mass is 32.2. The van der Waals surface area contributed by atoms with Crippen LogP contribution >= 0.6 is 11.8 Å². The highest BCUT2D eigenvalue weighted by Gasteiger charge is 2.12. The van der Waals surface area contributed by atoms with Crippen LogP contribution < -0.4 is 5.32 Å². The van der Waals surface area contributed by atoms with Gasteiger partial charge in [0.1, 0.15) is 0 Å². The largest absolute Gasteiger partial charge is 0.326 e. The Labute approximate surface area is 161 Å². The molecule has 1 amide bonds. The monoisotopic (exact) mass is 368 g/mol. The Balaban J connectivity index is 1.56. The summed E-state index contributed by atoms with van der Waals surface area (Å²) < 4.78 is 0. The highest BCUT2D eigenvalue weighted by Crippen LogP contribution is 2.20. The average Bonchev–Trinajstić information content (AvgIpc) is 2.65. The quantitative estimate of drug-likeness (QED) is 0.819. The van der Waals surface area contributed by atoms with Gasteiger partial charge in [-0.05, 0) is 43.0 Å². The lowest BCUT2D eigenvalue weighted by atomic mass is 10.1. The van der Waals surface area contributed by atoms with Gasteiger partial charge in [-0.15, -0.1) is 0 Å². The van der Waals surface area contributed by atoms with E-state index in [1.807, 2.05) is 11.8 Å². The Morgan fingerprint density at radius 1 is 1.04 bits per heavy atom. The number of hydrogen-bond acceptors (Lipinski definition) is 3. The molecule has 0 spiro atoms. The van der Waals surface area contributed by atoms with Crippen molar-refractivity contribution in [2.24, 2.45) is 0 Å². The molecule has 1 heterocycles. The summed E-state index contributed by atoms with van der Waals surface area (Å²) in [6, 6.07) is 14.8. The van der Waals surface area contributed by atoms with Crippen LogP contribution in [-0.2, 0) is 17.8 Å². The van der Waals surface area contributed by atoms with Gasteiger partial charge in [0, 0.05) is 43.2 Å². The topological polar surface area (TPSA) is 32.3 Å². The summed E-state index contributed by atoms with van der Waals surface area (Å²) in [7, 11) is 0. The predicted molar refractivity (Wildman–Crippen MR) is 112 cm³/mol. The van der Waals surface area contributed by atoms with E-state index in [0.29, 0.717) is 6.42 Å². The van der Waals surface area contributed by atoms with Crippen molar-refractivity contribution in [3.05, 3.63) is 64.7 Å². The van der Waals surface area contributed by atoms with E-state index in [9.17, 15) is 4.79 Å². The number of thioether (sulfide) groups is 1. The Morgan fingerprint density at radius 3 is 2.46 bits per heavy atom. The number of nitrogens with one attached hydrogen (secondary N) is 1. The van der Waals surface area contributed by atoms with Crippen molar-refractivity contribution in [3.63, 3.8) is 0 Å². The Kier molecular flexibility index (Phi) is 6.75. The fraction of sp³-hybridized carbons (Fsp3) is 0.409. The zero-order valence-electron chi connectivity index (χ0n) is 15.8. The number of rotatable bonds is 6. The maximum atomic E-state index is 12.4. The van der Waals surface area contributed by atoms with E-state index in [-0.39, 0.29) is 5.91 Å². The van der Waals surface area contributed by atoms with Crippen molar-refractivity contribution < 1.29 is 4.79 Å². The molecule has 1 fully saturated rings. The first-order chi connectivity index (χ1) is 12.6. The summed E-state index contributed by atoms with van der Waals surface area (Å²) in [5.74, 6) is 2.52. The highest BCUT2D eigenvalue weighted by molar-refractivity contribution is 7.99. The number of aryl methyl sites for hydroxylation is 3. The van der Waals surface area contributed by atoms with Gasteiger partial charge in [0.25, 0.3) is 0 Å². The van der Waals surface area contributed by atoms with E-state index in [2.05, 4.69) is 66.5 Å². The summed E-state index contributed by atoms with van der Waals surface area (Å²) in [6.07, 6.45) is 1.28. The maximum Gasteiger partial charge on any atom is 0.224 e. The maximum absolute atomic E-state index is 12.4. The third kappa shape index (κ3) is 5.61. The number of carbonyl (C=O) groups is 1. The first-order valence-electron chi connectivity index (χ1n) is 9.35. The summed E-state index contributed by atoms with van der Waals surface area (Å²) in [4.78, 5) is 14.9. The number of benzene rings is 2. The molecule has 0 aliphatic carbocycles. The fourth-order valence-electron chi connectivity index (χ4n) is 3.14. The van der Waals surface area contributed by atoms with Crippen LogP contribution in [0.2, 0.25) is 0 Å². The van der Waals surface area contributed by atoms with Crippen LogP contribution in [0.25, 0.3) is 0 Å². The van der Waals surface area contributed by atoms with Gasteiger partial charge in [-0.3, -0.25) is 9.69 Å². The zero-order valence-corrected chi connectivity index (χ0v) is 16.6. The van der Waals surface area contributed by atoms with E-state index in [1.165, 1.54) is 28.2 Å².